The van der Waals surface area contributed by atoms with Crippen molar-refractivity contribution < 1.29 is 27.0 Å². The second-order valence-electron chi connectivity index (χ2n) is 5.42. The van der Waals surface area contributed by atoms with Gasteiger partial charge in [0.1, 0.15) is 11.5 Å². The van der Waals surface area contributed by atoms with Crippen LogP contribution in [-0.4, -0.2) is 14.2 Å². The Bertz CT molecular complexity index is 902. The lowest BCUT2D eigenvalue weighted by Gasteiger charge is -2.14. The van der Waals surface area contributed by atoms with Crippen molar-refractivity contribution in [2.24, 2.45) is 0 Å². The second-order valence-corrected chi connectivity index (χ2v) is 7.52. The summed E-state index contributed by atoms with van der Waals surface area (Å²) in [5, 5.41) is 0. The van der Waals surface area contributed by atoms with Crippen molar-refractivity contribution in [2.45, 2.75) is 19.6 Å². The number of hydrogen-bond donors (Lipinski definition) is 0. The monoisotopic (exact) mass is 426 g/mol. The molecule has 28 heavy (non-hydrogen) atoms. The Hall–Kier alpha value is -2.32. The highest BCUT2D eigenvalue weighted by molar-refractivity contribution is 8.00. The van der Waals surface area contributed by atoms with E-state index in [0.717, 1.165) is 0 Å². The van der Waals surface area contributed by atoms with Gasteiger partial charge in [0.25, 0.3) is 0 Å². The Kier molecular flexibility index (Phi) is 6.41. The molecule has 0 aliphatic carbocycles. The molecule has 0 N–H and O–H groups in total. The van der Waals surface area contributed by atoms with Crippen LogP contribution in [0.15, 0.2) is 68.1 Å². The Morgan fingerprint density at radius 3 is 1.21 bits per heavy atom. The first kappa shape index (κ1) is 20.4. The molecule has 146 valence electrons. The molecule has 0 aliphatic heterocycles. The van der Waals surface area contributed by atoms with E-state index in [4.69, 9.17) is 9.47 Å². The number of ether oxygens (including phenoxy) is 2. The molecule has 0 atom stereocenters. The van der Waals surface area contributed by atoms with Gasteiger partial charge >= 0.3 is 0 Å². The van der Waals surface area contributed by atoms with Gasteiger partial charge in [0.2, 0.25) is 0 Å². The molecule has 0 aromatic heterocycles. The van der Waals surface area contributed by atoms with E-state index in [1.165, 1.54) is 26.4 Å². The lowest BCUT2D eigenvalue weighted by atomic mass is 10.3. The van der Waals surface area contributed by atoms with Gasteiger partial charge in [0.15, 0.2) is 23.3 Å². The quantitative estimate of drug-likeness (QED) is 0.328. The molecule has 3 aromatic rings. The van der Waals surface area contributed by atoms with E-state index in [0.29, 0.717) is 44.8 Å². The Morgan fingerprint density at radius 1 is 0.571 bits per heavy atom. The van der Waals surface area contributed by atoms with Crippen LogP contribution in [0.2, 0.25) is 0 Å². The van der Waals surface area contributed by atoms with Crippen molar-refractivity contribution in [3.8, 4) is 11.5 Å². The highest BCUT2D eigenvalue weighted by atomic mass is 32.2. The third-order valence-electron chi connectivity index (χ3n) is 3.75. The topological polar surface area (TPSA) is 18.5 Å². The summed E-state index contributed by atoms with van der Waals surface area (Å²) in [5.74, 6) is -5.20. The molecule has 0 bridgehead atoms. The number of benzene rings is 3. The molecule has 8 heteroatoms. The Balaban J connectivity index is 2.04. The largest absolute Gasteiger partial charge is 0.496 e. The van der Waals surface area contributed by atoms with E-state index in [9.17, 15) is 17.6 Å². The fourth-order valence-corrected chi connectivity index (χ4v) is 4.35. The molecule has 3 rings (SSSR count). The number of para-hydroxylation sites is 2. The molecule has 0 spiro atoms. The number of halogens is 4. The average Bonchev–Trinajstić information content (AvgIpc) is 2.73. The SMILES string of the molecule is COc1ccccc1Sc1c(F)c(F)c(Sc2ccccc2OC)c(F)c1F. The molecule has 0 amide bonds. The third-order valence-corrected chi connectivity index (χ3v) is 5.98. The van der Waals surface area contributed by atoms with Crippen molar-refractivity contribution >= 4 is 23.5 Å². The molecule has 0 unspecified atom stereocenters. The zero-order valence-corrected chi connectivity index (χ0v) is 16.4. The molecule has 0 aliphatic rings. The van der Waals surface area contributed by atoms with Crippen molar-refractivity contribution in [1.82, 2.24) is 0 Å². The van der Waals surface area contributed by atoms with Gasteiger partial charge in [-0.05, 0) is 24.3 Å². The van der Waals surface area contributed by atoms with Gasteiger partial charge in [-0.2, -0.15) is 0 Å². The standard InChI is InChI=1S/C20H14F4O2S2/c1-25-11-7-3-5-9-13(11)27-19-15(21)17(23)20(18(24)16(19)22)28-14-10-6-4-8-12(14)26-2/h3-10H,1-2H3. The fraction of sp³-hybridized carbons (Fsp3) is 0.100. The normalized spacial score (nSPS) is 10.8. The zero-order valence-electron chi connectivity index (χ0n) is 14.8. The van der Waals surface area contributed by atoms with E-state index in [1.807, 2.05) is 0 Å². The van der Waals surface area contributed by atoms with Crippen LogP contribution in [0.5, 0.6) is 11.5 Å². The number of hydrogen-bond acceptors (Lipinski definition) is 4. The van der Waals surface area contributed by atoms with Crippen molar-refractivity contribution in [3.05, 3.63) is 71.8 Å². The van der Waals surface area contributed by atoms with E-state index in [2.05, 4.69) is 0 Å². The van der Waals surface area contributed by atoms with Crippen LogP contribution in [0, 0.1) is 23.3 Å². The highest BCUT2D eigenvalue weighted by Gasteiger charge is 2.28. The van der Waals surface area contributed by atoms with Crippen LogP contribution >= 0.6 is 23.5 Å². The van der Waals surface area contributed by atoms with Gasteiger partial charge in [0, 0.05) is 0 Å². The van der Waals surface area contributed by atoms with Crippen LogP contribution < -0.4 is 9.47 Å². The number of methoxy groups -OCH3 is 2. The summed E-state index contributed by atoms with van der Waals surface area (Å²) >= 11 is 1.11. The average molecular weight is 426 g/mol. The second kappa shape index (κ2) is 8.79. The van der Waals surface area contributed by atoms with Gasteiger partial charge in [-0.25, -0.2) is 17.6 Å². The summed E-state index contributed by atoms with van der Waals surface area (Å²) < 4.78 is 68.7. The minimum Gasteiger partial charge on any atom is -0.496 e. The van der Waals surface area contributed by atoms with Gasteiger partial charge in [0.05, 0.1) is 33.8 Å². The number of rotatable bonds is 6. The fourth-order valence-electron chi connectivity index (χ4n) is 2.40. The van der Waals surface area contributed by atoms with Crippen LogP contribution in [0.3, 0.4) is 0 Å². The predicted octanol–water partition coefficient (Wildman–Crippen LogP) is 6.56. The first-order valence-corrected chi connectivity index (χ1v) is 9.58. The van der Waals surface area contributed by atoms with E-state index in [-0.39, 0.29) is 0 Å². The molecular formula is C20H14F4O2S2. The molecule has 0 saturated heterocycles. The van der Waals surface area contributed by atoms with Gasteiger partial charge in [-0.15, -0.1) is 0 Å². The van der Waals surface area contributed by atoms with E-state index >= 15 is 0 Å². The van der Waals surface area contributed by atoms with Gasteiger partial charge < -0.3 is 9.47 Å². The summed E-state index contributed by atoms with van der Waals surface area (Å²) in [7, 11) is 2.78. The maximum Gasteiger partial charge on any atom is 0.177 e. The molecule has 2 nitrogen and oxygen atoms in total. The summed E-state index contributed by atoms with van der Waals surface area (Å²) in [4.78, 5) is -0.897. The van der Waals surface area contributed by atoms with Gasteiger partial charge in [-0.3, -0.25) is 0 Å². The molecule has 0 saturated carbocycles. The lowest BCUT2D eigenvalue weighted by Crippen LogP contribution is -2.02. The first-order valence-electron chi connectivity index (χ1n) is 7.95. The summed E-state index contributed by atoms with van der Waals surface area (Å²) in [6.07, 6.45) is 0. The molecule has 3 aromatic carbocycles. The Morgan fingerprint density at radius 2 is 0.893 bits per heavy atom. The summed E-state index contributed by atoms with van der Waals surface area (Å²) in [6, 6.07) is 12.8. The molecular weight excluding hydrogens is 412 g/mol. The van der Waals surface area contributed by atoms with Crippen molar-refractivity contribution in [2.75, 3.05) is 14.2 Å². The van der Waals surface area contributed by atoms with Gasteiger partial charge in [-0.1, -0.05) is 47.8 Å². The van der Waals surface area contributed by atoms with Crippen molar-refractivity contribution in [3.63, 3.8) is 0 Å². The minimum absolute atomic E-state index is 0.326. The third kappa shape index (κ3) is 3.93. The maximum absolute atomic E-state index is 14.6. The summed E-state index contributed by atoms with van der Waals surface area (Å²) in [5.41, 5.74) is 0. The minimum atomic E-state index is -1.47. The highest BCUT2D eigenvalue weighted by Crippen LogP contribution is 2.44. The van der Waals surface area contributed by atoms with Crippen molar-refractivity contribution in [1.29, 1.82) is 0 Å². The van der Waals surface area contributed by atoms with Crippen LogP contribution in [-0.2, 0) is 0 Å². The first-order chi connectivity index (χ1) is 13.5. The Labute approximate surface area is 167 Å². The molecule has 0 radical (unpaired) electrons. The zero-order chi connectivity index (χ0) is 20.3. The summed E-state index contributed by atoms with van der Waals surface area (Å²) in [6.45, 7) is 0. The predicted molar refractivity (Wildman–Crippen MR) is 101 cm³/mol. The molecule has 0 fully saturated rings. The van der Waals surface area contributed by atoms with E-state index in [1.54, 1.807) is 36.4 Å². The van der Waals surface area contributed by atoms with Crippen LogP contribution in [0.25, 0.3) is 0 Å². The molecule has 0 heterocycles. The van der Waals surface area contributed by atoms with E-state index < -0.39 is 33.1 Å². The van der Waals surface area contributed by atoms with Crippen LogP contribution in [0.4, 0.5) is 17.6 Å². The maximum atomic E-state index is 14.6. The van der Waals surface area contributed by atoms with Crippen LogP contribution in [0.1, 0.15) is 0 Å². The smallest absolute Gasteiger partial charge is 0.177 e. The lowest BCUT2D eigenvalue weighted by molar-refractivity contribution is 0.397.